The molecule has 24 heavy (non-hydrogen) atoms. The van der Waals surface area contributed by atoms with Crippen LogP contribution in [0.3, 0.4) is 0 Å². The first-order valence-electron chi connectivity index (χ1n) is 7.30. The number of rotatable bonds is 2. The van der Waals surface area contributed by atoms with Gasteiger partial charge in [0.15, 0.2) is 11.6 Å². The van der Waals surface area contributed by atoms with Gasteiger partial charge in [0.2, 0.25) is 0 Å². The number of carbonyl (C=O) groups is 2. The van der Waals surface area contributed by atoms with Gasteiger partial charge in [-0.3, -0.25) is 0 Å². The monoisotopic (exact) mass is 402 g/mol. The van der Waals surface area contributed by atoms with E-state index >= 15 is 0 Å². The second kappa shape index (κ2) is 7.38. The molecule has 0 saturated heterocycles. The van der Waals surface area contributed by atoms with Crippen LogP contribution in [0.4, 0.5) is 15.4 Å². The third-order valence-electron chi connectivity index (χ3n) is 2.41. The number of methoxy groups -OCH3 is 1. The number of carbonyl (C=O) groups excluding carboxylic acids is 2. The molecule has 0 fully saturated rings. The lowest BCUT2D eigenvalue weighted by molar-refractivity contribution is 0.0427. The Bertz CT molecular complexity index is 592. The van der Waals surface area contributed by atoms with Crippen LogP contribution in [0.15, 0.2) is 16.7 Å². The van der Waals surface area contributed by atoms with Crippen LogP contribution < -0.4 is 9.64 Å². The predicted molar refractivity (Wildman–Crippen MR) is 93.4 cm³/mol. The van der Waals surface area contributed by atoms with Crippen molar-refractivity contribution in [3.63, 3.8) is 0 Å². The molecule has 8 heteroatoms. The van der Waals surface area contributed by atoms with Crippen molar-refractivity contribution in [2.45, 2.75) is 52.7 Å². The van der Waals surface area contributed by atoms with Crippen LogP contribution in [-0.2, 0) is 9.47 Å². The molecule has 0 spiro atoms. The highest BCUT2D eigenvalue weighted by Crippen LogP contribution is 2.35. The Morgan fingerprint density at radius 1 is 1.04 bits per heavy atom. The molecule has 0 aromatic carbocycles. The summed E-state index contributed by atoms with van der Waals surface area (Å²) in [6, 6.07) is 1.63. The Morgan fingerprint density at radius 2 is 1.50 bits per heavy atom. The number of aromatic nitrogens is 1. The lowest BCUT2D eigenvalue weighted by atomic mass is 10.2. The van der Waals surface area contributed by atoms with Crippen LogP contribution >= 0.6 is 15.9 Å². The van der Waals surface area contributed by atoms with E-state index in [0.29, 0.717) is 4.47 Å². The smallest absolute Gasteiger partial charge is 0.425 e. The maximum Gasteiger partial charge on any atom is 0.425 e. The van der Waals surface area contributed by atoms with Crippen molar-refractivity contribution >= 4 is 33.9 Å². The first-order valence-corrected chi connectivity index (χ1v) is 8.09. The summed E-state index contributed by atoms with van der Waals surface area (Å²) in [6.07, 6.45) is -0.370. The van der Waals surface area contributed by atoms with Gasteiger partial charge in [-0.15, -0.1) is 0 Å². The summed E-state index contributed by atoms with van der Waals surface area (Å²) < 4.78 is 16.4. The van der Waals surface area contributed by atoms with Crippen LogP contribution in [0.25, 0.3) is 0 Å². The quantitative estimate of drug-likeness (QED) is 0.722. The van der Waals surface area contributed by atoms with Gasteiger partial charge < -0.3 is 14.2 Å². The molecule has 0 aliphatic carbocycles. The fourth-order valence-corrected chi connectivity index (χ4v) is 2.08. The summed E-state index contributed by atoms with van der Waals surface area (Å²) in [4.78, 5) is 29.9. The maximum absolute atomic E-state index is 12.6. The van der Waals surface area contributed by atoms with E-state index in [2.05, 4.69) is 20.9 Å². The third-order valence-corrected chi connectivity index (χ3v) is 3.03. The zero-order chi connectivity index (χ0) is 18.7. The lowest BCUT2D eigenvalue weighted by Gasteiger charge is -2.28. The molecule has 0 saturated carbocycles. The van der Waals surface area contributed by atoms with Crippen LogP contribution in [0.1, 0.15) is 41.5 Å². The van der Waals surface area contributed by atoms with Gasteiger partial charge in [0.25, 0.3) is 0 Å². The molecule has 0 unspecified atom stereocenters. The number of imide groups is 1. The van der Waals surface area contributed by atoms with E-state index in [-0.39, 0.29) is 11.6 Å². The molecular formula is C16H23BrN2O5. The number of hydrogen-bond donors (Lipinski definition) is 0. The van der Waals surface area contributed by atoms with Gasteiger partial charge in [-0.05, 0) is 63.5 Å². The minimum atomic E-state index is -0.902. The second-order valence-corrected chi connectivity index (χ2v) is 7.80. The summed E-state index contributed by atoms with van der Waals surface area (Å²) in [7, 11) is 1.41. The summed E-state index contributed by atoms with van der Waals surface area (Å²) in [5, 5.41) is 0. The normalized spacial score (nSPS) is 11.7. The molecule has 0 N–H and O–H groups in total. The van der Waals surface area contributed by atoms with E-state index in [1.807, 2.05) is 0 Å². The molecule has 0 atom stereocenters. The maximum atomic E-state index is 12.6. The third kappa shape index (κ3) is 5.67. The molecule has 7 nitrogen and oxygen atoms in total. The van der Waals surface area contributed by atoms with Crippen molar-refractivity contribution in [3.05, 3.63) is 16.7 Å². The molecule has 0 aliphatic heterocycles. The van der Waals surface area contributed by atoms with E-state index in [4.69, 9.17) is 14.2 Å². The highest BCUT2D eigenvalue weighted by molar-refractivity contribution is 9.10. The van der Waals surface area contributed by atoms with Gasteiger partial charge in [0, 0.05) is 6.20 Å². The fraction of sp³-hybridized carbons (Fsp3) is 0.562. The highest BCUT2D eigenvalue weighted by atomic mass is 79.9. The molecule has 1 rings (SSSR count). The average Bonchev–Trinajstić information content (AvgIpc) is 2.34. The average molecular weight is 403 g/mol. The molecule has 1 aromatic heterocycles. The van der Waals surface area contributed by atoms with Crippen molar-refractivity contribution < 1.29 is 23.8 Å². The Kier molecular flexibility index (Phi) is 6.21. The Hall–Kier alpha value is -1.83. The van der Waals surface area contributed by atoms with E-state index < -0.39 is 23.4 Å². The largest absolute Gasteiger partial charge is 0.492 e. The number of anilines is 1. The van der Waals surface area contributed by atoms with Crippen molar-refractivity contribution in [2.24, 2.45) is 0 Å². The number of halogens is 1. The Morgan fingerprint density at radius 3 is 1.88 bits per heavy atom. The first-order chi connectivity index (χ1) is 10.9. The molecule has 0 bridgehead atoms. The molecule has 2 amide bonds. The van der Waals surface area contributed by atoms with Crippen LogP contribution in [0, 0.1) is 0 Å². The molecular weight excluding hydrogens is 380 g/mol. The second-order valence-electron chi connectivity index (χ2n) is 6.95. The van der Waals surface area contributed by atoms with Crippen molar-refractivity contribution in [2.75, 3.05) is 12.0 Å². The summed E-state index contributed by atoms with van der Waals surface area (Å²) in [5.74, 6) is 0.199. The number of nitrogens with zero attached hydrogens (tertiary/aromatic N) is 2. The molecule has 1 aromatic rings. The lowest BCUT2D eigenvalue weighted by Crippen LogP contribution is -2.44. The summed E-state index contributed by atoms with van der Waals surface area (Å²) >= 11 is 3.30. The van der Waals surface area contributed by atoms with Crippen molar-refractivity contribution in [1.82, 2.24) is 4.98 Å². The molecule has 0 radical (unpaired) electrons. The number of hydrogen-bond acceptors (Lipinski definition) is 6. The highest BCUT2D eigenvalue weighted by Gasteiger charge is 2.35. The van der Waals surface area contributed by atoms with Gasteiger partial charge in [0.05, 0.1) is 11.6 Å². The zero-order valence-electron chi connectivity index (χ0n) is 15.0. The van der Waals surface area contributed by atoms with Gasteiger partial charge in [-0.2, -0.15) is 4.90 Å². The van der Waals surface area contributed by atoms with Gasteiger partial charge in [-0.25, -0.2) is 14.6 Å². The van der Waals surface area contributed by atoms with Crippen LogP contribution in [0.2, 0.25) is 0 Å². The van der Waals surface area contributed by atoms with E-state index in [0.717, 1.165) is 4.90 Å². The fourth-order valence-electron chi connectivity index (χ4n) is 1.63. The topological polar surface area (TPSA) is 78.0 Å². The van der Waals surface area contributed by atoms with Gasteiger partial charge in [-0.1, -0.05) is 0 Å². The molecule has 0 aliphatic rings. The number of pyridine rings is 1. The van der Waals surface area contributed by atoms with Crippen LogP contribution in [0.5, 0.6) is 5.75 Å². The van der Waals surface area contributed by atoms with Crippen LogP contribution in [-0.4, -0.2) is 35.5 Å². The minimum absolute atomic E-state index is 0.0182. The SMILES string of the molecule is COc1c(Br)ccnc1N(C(=O)OC(C)(C)C)C(=O)OC(C)(C)C. The summed E-state index contributed by atoms with van der Waals surface area (Å²) in [6.45, 7) is 10.2. The minimum Gasteiger partial charge on any atom is -0.492 e. The predicted octanol–water partition coefficient (Wildman–Crippen LogP) is 4.53. The first kappa shape index (κ1) is 20.2. The van der Waals surface area contributed by atoms with Gasteiger partial charge >= 0.3 is 12.2 Å². The van der Waals surface area contributed by atoms with Crippen molar-refractivity contribution in [1.29, 1.82) is 0 Å². The van der Waals surface area contributed by atoms with Crippen molar-refractivity contribution in [3.8, 4) is 5.75 Å². The zero-order valence-corrected chi connectivity index (χ0v) is 16.6. The van der Waals surface area contributed by atoms with E-state index in [9.17, 15) is 9.59 Å². The van der Waals surface area contributed by atoms with E-state index in [1.54, 1.807) is 47.6 Å². The molecule has 134 valence electrons. The standard InChI is InChI=1S/C16H23BrN2O5/c1-15(2,3)23-13(20)19(14(21)24-16(4,5)6)12-11(22-7)10(17)8-9-18-12/h8-9H,1-7H3. The number of ether oxygens (including phenoxy) is 3. The Labute approximate surface area is 150 Å². The van der Waals surface area contributed by atoms with E-state index in [1.165, 1.54) is 13.3 Å². The molecule has 1 heterocycles. The Balaban J connectivity index is 3.36. The number of amides is 2. The summed E-state index contributed by atoms with van der Waals surface area (Å²) in [5.41, 5.74) is -1.59. The van der Waals surface area contributed by atoms with Gasteiger partial charge in [0.1, 0.15) is 11.2 Å².